The van der Waals surface area contributed by atoms with E-state index in [1.54, 1.807) is 25.6 Å². The van der Waals surface area contributed by atoms with E-state index in [-0.39, 0.29) is 6.04 Å². The second kappa shape index (κ2) is 6.83. The summed E-state index contributed by atoms with van der Waals surface area (Å²) in [5.41, 5.74) is 8.07. The maximum absolute atomic E-state index is 6.00. The van der Waals surface area contributed by atoms with E-state index >= 15 is 0 Å². The van der Waals surface area contributed by atoms with Crippen molar-refractivity contribution < 1.29 is 9.47 Å². The SMILES string of the molecule is COCc1nc(Cc2ccccc2OC)sc1C(C)N. The molecule has 0 bridgehead atoms. The Hall–Kier alpha value is -1.43. The fraction of sp³-hybridized carbons (Fsp3) is 0.400. The summed E-state index contributed by atoms with van der Waals surface area (Å²) in [4.78, 5) is 5.74. The first-order chi connectivity index (χ1) is 9.65. The van der Waals surface area contributed by atoms with Crippen LogP contribution < -0.4 is 10.5 Å². The van der Waals surface area contributed by atoms with Crippen LogP contribution in [0.1, 0.15) is 34.1 Å². The van der Waals surface area contributed by atoms with Gasteiger partial charge in [0.1, 0.15) is 5.75 Å². The van der Waals surface area contributed by atoms with E-state index in [4.69, 9.17) is 15.2 Å². The predicted octanol–water partition coefficient (Wildman–Crippen LogP) is 2.91. The van der Waals surface area contributed by atoms with Crippen LogP contribution in [0.25, 0.3) is 0 Å². The van der Waals surface area contributed by atoms with Gasteiger partial charge in [0.25, 0.3) is 0 Å². The maximum atomic E-state index is 6.00. The Balaban J connectivity index is 2.27. The molecule has 2 aromatic rings. The number of para-hydroxylation sites is 1. The van der Waals surface area contributed by atoms with E-state index in [9.17, 15) is 0 Å². The molecule has 4 nitrogen and oxygen atoms in total. The number of hydrogen-bond acceptors (Lipinski definition) is 5. The molecule has 1 aromatic carbocycles. The van der Waals surface area contributed by atoms with Crippen LogP contribution in [0.15, 0.2) is 24.3 Å². The highest BCUT2D eigenvalue weighted by molar-refractivity contribution is 7.11. The molecule has 0 aliphatic rings. The van der Waals surface area contributed by atoms with Gasteiger partial charge in [-0.05, 0) is 13.0 Å². The number of aromatic nitrogens is 1. The van der Waals surface area contributed by atoms with Crippen molar-refractivity contribution in [2.75, 3.05) is 14.2 Å². The molecule has 0 aliphatic heterocycles. The highest BCUT2D eigenvalue weighted by atomic mass is 32.1. The van der Waals surface area contributed by atoms with E-state index in [1.165, 1.54) is 0 Å². The van der Waals surface area contributed by atoms with Gasteiger partial charge in [0.05, 0.1) is 24.4 Å². The van der Waals surface area contributed by atoms with Crippen molar-refractivity contribution in [1.82, 2.24) is 4.98 Å². The maximum Gasteiger partial charge on any atom is 0.122 e. The van der Waals surface area contributed by atoms with Crippen molar-refractivity contribution in [3.05, 3.63) is 45.4 Å². The number of thiazole rings is 1. The zero-order chi connectivity index (χ0) is 14.5. The molecule has 5 heteroatoms. The third-order valence-corrected chi connectivity index (χ3v) is 4.30. The summed E-state index contributed by atoms with van der Waals surface area (Å²) in [6, 6.07) is 7.97. The van der Waals surface area contributed by atoms with E-state index in [2.05, 4.69) is 11.1 Å². The van der Waals surface area contributed by atoms with Gasteiger partial charge in [0, 0.05) is 30.0 Å². The Morgan fingerprint density at radius 3 is 2.70 bits per heavy atom. The lowest BCUT2D eigenvalue weighted by molar-refractivity contribution is 0.181. The van der Waals surface area contributed by atoms with Gasteiger partial charge in [0.2, 0.25) is 0 Å². The van der Waals surface area contributed by atoms with Crippen LogP contribution in [-0.4, -0.2) is 19.2 Å². The van der Waals surface area contributed by atoms with Gasteiger partial charge in [-0.2, -0.15) is 0 Å². The molecule has 0 saturated heterocycles. The van der Waals surface area contributed by atoms with Crippen LogP contribution in [0, 0.1) is 0 Å². The summed E-state index contributed by atoms with van der Waals surface area (Å²) in [6.45, 7) is 2.47. The summed E-state index contributed by atoms with van der Waals surface area (Å²) >= 11 is 1.65. The topological polar surface area (TPSA) is 57.4 Å². The first kappa shape index (κ1) is 15.0. The zero-order valence-corrected chi connectivity index (χ0v) is 12.9. The number of benzene rings is 1. The monoisotopic (exact) mass is 292 g/mol. The Labute approximate surface area is 123 Å². The lowest BCUT2D eigenvalue weighted by Gasteiger charge is -2.05. The number of nitrogens with two attached hydrogens (primary N) is 1. The van der Waals surface area contributed by atoms with E-state index in [0.29, 0.717) is 6.61 Å². The molecule has 2 N–H and O–H groups in total. The summed E-state index contributed by atoms with van der Waals surface area (Å²) in [5, 5.41) is 1.04. The van der Waals surface area contributed by atoms with Crippen molar-refractivity contribution in [3.63, 3.8) is 0 Å². The van der Waals surface area contributed by atoms with Crippen molar-refractivity contribution in [2.24, 2.45) is 5.73 Å². The Morgan fingerprint density at radius 2 is 2.05 bits per heavy atom. The molecular formula is C15H20N2O2S. The van der Waals surface area contributed by atoms with E-state index < -0.39 is 0 Å². The number of ether oxygens (including phenoxy) is 2. The highest BCUT2D eigenvalue weighted by Gasteiger charge is 2.15. The molecule has 20 heavy (non-hydrogen) atoms. The van der Waals surface area contributed by atoms with Crippen LogP contribution in [-0.2, 0) is 17.8 Å². The summed E-state index contributed by atoms with van der Waals surface area (Å²) < 4.78 is 10.6. The molecule has 0 amide bonds. The first-order valence-corrected chi connectivity index (χ1v) is 7.32. The van der Waals surface area contributed by atoms with Gasteiger partial charge in [-0.15, -0.1) is 11.3 Å². The van der Waals surface area contributed by atoms with E-state index in [1.807, 2.05) is 25.1 Å². The molecule has 1 aromatic heterocycles. The number of methoxy groups -OCH3 is 2. The normalized spacial score (nSPS) is 12.4. The van der Waals surface area contributed by atoms with Crippen LogP contribution in [0.2, 0.25) is 0 Å². The largest absolute Gasteiger partial charge is 0.496 e. The van der Waals surface area contributed by atoms with E-state index in [0.717, 1.165) is 33.3 Å². The van der Waals surface area contributed by atoms with Gasteiger partial charge >= 0.3 is 0 Å². The lowest BCUT2D eigenvalue weighted by Crippen LogP contribution is -2.06. The minimum absolute atomic E-state index is 0.0240. The minimum Gasteiger partial charge on any atom is -0.496 e. The molecule has 2 rings (SSSR count). The number of nitrogens with zero attached hydrogens (tertiary/aromatic N) is 1. The lowest BCUT2D eigenvalue weighted by atomic mass is 10.1. The van der Waals surface area contributed by atoms with Crippen molar-refractivity contribution in [3.8, 4) is 5.75 Å². The molecule has 0 spiro atoms. The quantitative estimate of drug-likeness (QED) is 0.889. The number of rotatable bonds is 6. The smallest absolute Gasteiger partial charge is 0.122 e. The fourth-order valence-corrected chi connectivity index (χ4v) is 3.14. The van der Waals surface area contributed by atoms with Gasteiger partial charge in [-0.25, -0.2) is 4.98 Å². The molecule has 108 valence electrons. The number of hydrogen-bond donors (Lipinski definition) is 1. The molecule has 0 saturated carbocycles. The first-order valence-electron chi connectivity index (χ1n) is 6.50. The molecule has 0 aliphatic carbocycles. The molecule has 0 radical (unpaired) electrons. The average Bonchev–Trinajstić information content (AvgIpc) is 2.83. The zero-order valence-electron chi connectivity index (χ0n) is 12.1. The van der Waals surface area contributed by atoms with Crippen molar-refractivity contribution in [2.45, 2.75) is 26.0 Å². The third-order valence-electron chi connectivity index (χ3n) is 3.00. The summed E-state index contributed by atoms with van der Waals surface area (Å²) in [5.74, 6) is 0.887. The van der Waals surface area contributed by atoms with Crippen molar-refractivity contribution >= 4 is 11.3 Å². The van der Waals surface area contributed by atoms with Crippen LogP contribution >= 0.6 is 11.3 Å². The fourth-order valence-electron chi connectivity index (χ4n) is 2.10. The summed E-state index contributed by atoms with van der Waals surface area (Å²) in [7, 11) is 3.36. The molecular weight excluding hydrogens is 272 g/mol. The third kappa shape index (κ3) is 3.36. The molecule has 1 unspecified atom stereocenters. The molecule has 1 heterocycles. The Morgan fingerprint density at radius 1 is 1.30 bits per heavy atom. The Kier molecular flexibility index (Phi) is 5.11. The van der Waals surface area contributed by atoms with Crippen LogP contribution in [0.5, 0.6) is 5.75 Å². The average molecular weight is 292 g/mol. The predicted molar refractivity (Wildman–Crippen MR) is 81.2 cm³/mol. The van der Waals surface area contributed by atoms with Gasteiger partial charge in [-0.3, -0.25) is 0 Å². The van der Waals surface area contributed by atoms with Crippen LogP contribution in [0.4, 0.5) is 0 Å². The highest BCUT2D eigenvalue weighted by Crippen LogP contribution is 2.28. The van der Waals surface area contributed by atoms with Gasteiger partial charge < -0.3 is 15.2 Å². The van der Waals surface area contributed by atoms with Crippen molar-refractivity contribution in [1.29, 1.82) is 0 Å². The van der Waals surface area contributed by atoms with Gasteiger partial charge in [-0.1, -0.05) is 18.2 Å². The summed E-state index contributed by atoms with van der Waals surface area (Å²) in [6.07, 6.45) is 0.748. The minimum atomic E-state index is -0.0240. The molecule has 1 atom stereocenters. The van der Waals surface area contributed by atoms with Gasteiger partial charge in [0.15, 0.2) is 0 Å². The Bertz CT molecular complexity index is 567. The second-order valence-electron chi connectivity index (χ2n) is 4.63. The standard InChI is InChI=1S/C15H20N2O2S/c1-10(16)15-12(9-18-2)17-14(20-15)8-11-6-4-5-7-13(11)19-3/h4-7,10H,8-9,16H2,1-3H3. The second-order valence-corrected chi connectivity index (χ2v) is 5.74. The molecule has 0 fully saturated rings. The van der Waals surface area contributed by atoms with Crippen LogP contribution in [0.3, 0.4) is 0 Å².